The van der Waals surface area contributed by atoms with E-state index in [0.29, 0.717) is 5.88 Å². The summed E-state index contributed by atoms with van der Waals surface area (Å²) in [5.41, 5.74) is 0.996. The van der Waals surface area contributed by atoms with Crippen LogP contribution in [0, 0.1) is 0 Å². The topological polar surface area (TPSA) is 43.4 Å². The van der Waals surface area contributed by atoms with Gasteiger partial charge in [0, 0.05) is 25.8 Å². The lowest BCUT2D eigenvalue weighted by atomic mass is 10.3. The molecule has 0 spiro atoms. The second kappa shape index (κ2) is 8.07. The first-order chi connectivity index (χ1) is 7.86. The first kappa shape index (κ1) is 12.9. The van der Waals surface area contributed by atoms with Crippen LogP contribution in [0.2, 0.25) is 0 Å². The number of hydrogen-bond acceptors (Lipinski definition) is 4. The van der Waals surface area contributed by atoms with E-state index < -0.39 is 0 Å². The van der Waals surface area contributed by atoms with Gasteiger partial charge >= 0.3 is 0 Å². The Morgan fingerprint density at radius 2 is 2.25 bits per heavy atom. The molecule has 0 amide bonds. The van der Waals surface area contributed by atoms with Crippen LogP contribution in [0.1, 0.15) is 19.0 Å². The fourth-order valence-electron chi connectivity index (χ4n) is 1.33. The molecule has 4 nitrogen and oxygen atoms in total. The van der Waals surface area contributed by atoms with Crippen molar-refractivity contribution in [2.24, 2.45) is 0 Å². The highest BCUT2D eigenvalue weighted by atomic mass is 16.5. The predicted octanol–water partition coefficient (Wildman–Crippen LogP) is 1.61. The molecule has 1 rings (SSSR count). The fraction of sp³-hybridized carbons (Fsp3) is 0.583. The molecule has 0 fully saturated rings. The third-order valence-electron chi connectivity index (χ3n) is 2.14. The lowest BCUT2D eigenvalue weighted by Gasteiger charge is -2.05. The first-order valence-corrected chi connectivity index (χ1v) is 5.65. The van der Waals surface area contributed by atoms with Crippen LogP contribution in [-0.2, 0) is 11.3 Å². The van der Waals surface area contributed by atoms with Gasteiger partial charge in [0.05, 0.1) is 12.8 Å². The number of ether oxygens (including phenoxy) is 2. The van der Waals surface area contributed by atoms with E-state index >= 15 is 0 Å². The highest BCUT2D eigenvalue weighted by molar-refractivity contribution is 5.15. The summed E-state index contributed by atoms with van der Waals surface area (Å²) in [4.78, 5) is 4.31. The van der Waals surface area contributed by atoms with Gasteiger partial charge in [-0.1, -0.05) is 6.07 Å². The Hall–Kier alpha value is -1.13. The van der Waals surface area contributed by atoms with Crippen molar-refractivity contribution in [2.45, 2.75) is 19.9 Å². The van der Waals surface area contributed by atoms with E-state index in [1.165, 1.54) is 0 Å². The zero-order chi connectivity index (χ0) is 11.6. The van der Waals surface area contributed by atoms with Gasteiger partial charge in [-0.2, -0.15) is 0 Å². The summed E-state index contributed by atoms with van der Waals surface area (Å²) >= 11 is 0. The molecule has 1 aromatic heterocycles. The lowest BCUT2D eigenvalue weighted by Crippen LogP contribution is -2.17. The van der Waals surface area contributed by atoms with Gasteiger partial charge in [-0.05, 0) is 26.0 Å². The minimum atomic E-state index is 0.661. The number of methoxy groups -OCH3 is 1. The molecule has 0 aliphatic rings. The first-order valence-electron chi connectivity index (χ1n) is 5.65. The third kappa shape index (κ3) is 5.09. The second-order valence-corrected chi connectivity index (χ2v) is 3.40. The molecule has 0 bridgehead atoms. The van der Waals surface area contributed by atoms with Crippen LogP contribution in [0.5, 0.6) is 5.88 Å². The predicted molar refractivity (Wildman–Crippen MR) is 63.6 cm³/mol. The second-order valence-electron chi connectivity index (χ2n) is 3.40. The van der Waals surface area contributed by atoms with Gasteiger partial charge in [-0.3, -0.25) is 0 Å². The van der Waals surface area contributed by atoms with Crippen molar-refractivity contribution in [3.63, 3.8) is 0 Å². The summed E-state index contributed by atoms with van der Waals surface area (Å²) < 4.78 is 10.3. The number of aromatic nitrogens is 1. The van der Waals surface area contributed by atoms with Gasteiger partial charge < -0.3 is 14.8 Å². The highest BCUT2D eigenvalue weighted by Crippen LogP contribution is 2.05. The molecule has 1 N–H and O–H groups in total. The van der Waals surface area contributed by atoms with Crippen LogP contribution >= 0.6 is 0 Å². The smallest absolute Gasteiger partial charge is 0.213 e. The van der Waals surface area contributed by atoms with E-state index in [0.717, 1.165) is 38.4 Å². The number of nitrogens with zero attached hydrogens (tertiary/aromatic N) is 1. The number of hydrogen-bond donors (Lipinski definition) is 1. The van der Waals surface area contributed by atoms with Gasteiger partial charge in [-0.25, -0.2) is 4.98 Å². The largest absolute Gasteiger partial charge is 0.481 e. The maximum atomic E-state index is 5.25. The minimum absolute atomic E-state index is 0.661. The van der Waals surface area contributed by atoms with E-state index in [2.05, 4.69) is 10.3 Å². The standard InChI is InChI=1S/C12H20N2O2/c1-3-16-9-5-8-13-10-11-6-4-7-12(14-11)15-2/h4,6-7,13H,3,5,8-10H2,1-2H3. The third-order valence-corrected chi connectivity index (χ3v) is 2.14. The maximum absolute atomic E-state index is 5.25. The van der Waals surface area contributed by atoms with E-state index in [1.54, 1.807) is 7.11 Å². The van der Waals surface area contributed by atoms with Gasteiger partial charge in [0.25, 0.3) is 0 Å². The molecule has 0 aliphatic carbocycles. The van der Waals surface area contributed by atoms with E-state index in [1.807, 2.05) is 25.1 Å². The van der Waals surface area contributed by atoms with E-state index in [-0.39, 0.29) is 0 Å². The van der Waals surface area contributed by atoms with E-state index in [9.17, 15) is 0 Å². The Bertz CT molecular complexity index is 292. The Labute approximate surface area is 97.0 Å². The average molecular weight is 224 g/mol. The van der Waals surface area contributed by atoms with Crippen molar-refractivity contribution < 1.29 is 9.47 Å². The Balaban J connectivity index is 2.16. The van der Waals surface area contributed by atoms with Gasteiger partial charge in [0.2, 0.25) is 5.88 Å². The summed E-state index contributed by atoms with van der Waals surface area (Å²) in [5, 5.41) is 3.31. The van der Waals surface area contributed by atoms with Crippen LogP contribution in [0.3, 0.4) is 0 Å². The van der Waals surface area contributed by atoms with Crippen molar-refractivity contribution in [1.82, 2.24) is 10.3 Å². The summed E-state index contributed by atoms with van der Waals surface area (Å²) in [6.45, 7) is 5.32. The molecule has 0 unspecified atom stereocenters. The molecular formula is C12H20N2O2. The van der Waals surface area contributed by atoms with Gasteiger partial charge in [-0.15, -0.1) is 0 Å². The van der Waals surface area contributed by atoms with Gasteiger partial charge in [0.15, 0.2) is 0 Å². The zero-order valence-electron chi connectivity index (χ0n) is 10.0. The number of nitrogens with one attached hydrogen (secondary N) is 1. The lowest BCUT2D eigenvalue weighted by molar-refractivity contribution is 0.144. The molecule has 4 heteroatoms. The molecule has 0 radical (unpaired) electrons. The fourth-order valence-corrected chi connectivity index (χ4v) is 1.33. The molecule has 1 heterocycles. The molecule has 0 atom stereocenters. The molecular weight excluding hydrogens is 204 g/mol. The van der Waals surface area contributed by atoms with Gasteiger partial charge in [0.1, 0.15) is 0 Å². The van der Waals surface area contributed by atoms with Crippen LogP contribution in [0.15, 0.2) is 18.2 Å². The number of rotatable bonds is 8. The quantitative estimate of drug-likeness (QED) is 0.681. The molecule has 0 aromatic carbocycles. The molecule has 1 aromatic rings. The van der Waals surface area contributed by atoms with Crippen LogP contribution in [-0.4, -0.2) is 31.9 Å². The number of pyridine rings is 1. The van der Waals surface area contributed by atoms with Crippen molar-refractivity contribution in [1.29, 1.82) is 0 Å². The van der Waals surface area contributed by atoms with Crippen LogP contribution in [0.25, 0.3) is 0 Å². The molecule has 16 heavy (non-hydrogen) atoms. The highest BCUT2D eigenvalue weighted by Gasteiger charge is 1.96. The normalized spacial score (nSPS) is 10.4. The SMILES string of the molecule is CCOCCCNCc1cccc(OC)n1. The zero-order valence-corrected chi connectivity index (χ0v) is 10.0. The molecule has 90 valence electrons. The van der Waals surface area contributed by atoms with Crippen molar-refractivity contribution in [2.75, 3.05) is 26.9 Å². The molecule has 0 saturated carbocycles. The van der Waals surface area contributed by atoms with Crippen molar-refractivity contribution in [3.8, 4) is 5.88 Å². The van der Waals surface area contributed by atoms with Crippen molar-refractivity contribution in [3.05, 3.63) is 23.9 Å². The minimum Gasteiger partial charge on any atom is -0.481 e. The summed E-state index contributed by atoms with van der Waals surface area (Å²) in [5.74, 6) is 0.661. The maximum Gasteiger partial charge on any atom is 0.213 e. The van der Waals surface area contributed by atoms with E-state index in [4.69, 9.17) is 9.47 Å². The summed E-state index contributed by atoms with van der Waals surface area (Å²) in [6, 6.07) is 5.78. The average Bonchev–Trinajstić information content (AvgIpc) is 2.34. The Morgan fingerprint density at radius 3 is 3.00 bits per heavy atom. The Kier molecular flexibility index (Phi) is 6.53. The van der Waals surface area contributed by atoms with Crippen molar-refractivity contribution >= 4 is 0 Å². The van der Waals surface area contributed by atoms with Crippen LogP contribution < -0.4 is 10.1 Å². The molecule has 0 aliphatic heterocycles. The molecule has 0 saturated heterocycles. The summed E-state index contributed by atoms with van der Waals surface area (Å²) in [7, 11) is 1.63. The Morgan fingerprint density at radius 1 is 1.38 bits per heavy atom. The summed E-state index contributed by atoms with van der Waals surface area (Å²) in [6.07, 6.45) is 1.03. The monoisotopic (exact) mass is 224 g/mol. The van der Waals surface area contributed by atoms with Crippen LogP contribution in [0.4, 0.5) is 0 Å².